The molecule has 4 nitrogen and oxygen atoms in total. The molecule has 102 valence electrons. The summed E-state index contributed by atoms with van der Waals surface area (Å²) in [5.41, 5.74) is 0.851. The minimum atomic E-state index is -0.636. The normalized spacial score (nSPS) is 16.4. The van der Waals surface area contributed by atoms with Crippen LogP contribution in [0.1, 0.15) is 30.4 Å². The zero-order valence-corrected chi connectivity index (χ0v) is 11.0. The fourth-order valence-electron chi connectivity index (χ4n) is 2.50. The molecule has 0 N–H and O–H groups in total. The van der Waals surface area contributed by atoms with Gasteiger partial charge in [0.15, 0.2) is 11.6 Å². The van der Waals surface area contributed by atoms with Gasteiger partial charge in [-0.3, -0.25) is 0 Å². The van der Waals surface area contributed by atoms with E-state index in [1.54, 1.807) is 19.3 Å². The van der Waals surface area contributed by atoms with E-state index in [2.05, 4.69) is 4.99 Å². The Bertz CT molecular complexity index is 520. The molecular formula is C14H16FNO3. The number of isocyanates is 1. The van der Waals surface area contributed by atoms with Crippen molar-refractivity contribution in [2.24, 2.45) is 4.99 Å². The molecule has 1 aliphatic carbocycles. The second-order valence-electron chi connectivity index (χ2n) is 4.67. The molecule has 0 saturated heterocycles. The van der Waals surface area contributed by atoms with Crippen LogP contribution in [0.4, 0.5) is 4.39 Å². The predicted octanol–water partition coefficient (Wildman–Crippen LogP) is 2.70. The summed E-state index contributed by atoms with van der Waals surface area (Å²) < 4.78 is 24.0. The van der Waals surface area contributed by atoms with Crippen LogP contribution in [0.5, 0.6) is 5.75 Å². The quantitative estimate of drug-likeness (QED) is 0.607. The van der Waals surface area contributed by atoms with E-state index in [4.69, 9.17) is 9.47 Å². The number of hydrogen-bond donors (Lipinski definition) is 0. The molecule has 1 aromatic rings. The predicted molar refractivity (Wildman–Crippen MR) is 67.3 cm³/mol. The highest BCUT2D eigenvalue weighted by molar-refractivity contribution is 5.45. The van der Waals surface area contributed by atoms with Crippen LogP contribution in [0.25, 0.3) is 0 Å². The number of hydrogen-bond acceptors (Lipinski definition) is 4. The number of aliphatic imine (C=N–C) groups is 1. The lowest BCUT2D eigenvalue weighted by Gasteiger charge is -2.38. The van der Waals surface area contributed by atoms with E-state index in [-0.39, 0.29) is 5.75 Å². The Balaban J connectivity index is 2.54. The molecule has 0 heterocycles. The van der Waals surface area contributed by atoms with E-state index in [1.165, 1.54) is 13.2 Å². The second kappa shape index (κ2) is 5.51. The van der Waals surface area contributed by atoms with Crippen LogP contribution in [0.3, 0.4) is 0 Å². The zero-order valence-electron chi connectivity index (χ0n) is 11.0. The third-order valence-corrected chi connectivity index (χ3v) is 3.62. The van der Waals surface area contributed by atoms with E-state index in [0.717, 1.165) is 24.8 Å². The molecule has 0 spiro atoms. The third kappa shape index (κ3) is 2.39. The molecule has 0 aromatic heterocycles. The van der Waals surface area contributed by atoms with Crippen molar-refractivity contribution in [1.82, 2.24) is 0 Å². The summed E-state index contributed by atoms with van der Waals surface area (Å²) in [4.78, 5) is 14.5. The first kappa shape index (κ1) is 13.7. The van der Waals surface area contributed by atoms with E-state index in [9.17, 15) is 9.18 Å². The van der Waals surface area contributed by atoms with Gasteiger partial charge >= 0.3 is 0 Å². The first-order chi connectivity index (χ1) is 9.16. The monoisotopic (exact) mass is 265 g/mol. The van der Waals surface area contributed by atoms with Crippen LogP contribution in [-0.4, -0.2) is 20.3 Å². The van der Waals surface area contributed by atoms with Crippen LogP contribution in [-0.2, 0) is 21.7 Å². The maximum atomic E-state index is 13.9. The number of benzene rings is 1. The fraction of sp³-hybridized carbons (Fsp3) is 0.500. The third-order valence-electron chi connectivity index (χ3n) is 3.62. The Morgan fingerprint density at radius 3 is 2.63 bits per heavy atom. The number of methoxy groups -OCH3 is 2. The Morgan fingerprint density at radius 2 is 2.16 bits per heavy atom. The average Bonchev–Trinajstić information content (AvgIpc) is 2.36. The van der Waals surface area contributed by atoms with Gasteiger partial charge in [-0.15, -0.1) is 0 Å². The minimum absolute atomic E-state index is 0.167. The average molecular weight is 265 g/mol. The van der Waals surface area contributed by atoms with Crippen molar-refractivity contribution >= 4 is 6.08 Å². The first-order valence-corrected chi connectivity index (χ1v) is 6.11. The van der Waals surface area contributed by atoms with E-state index >= 15 is 0 Å². The van der Waals surface area contributed by atoms with Gasteiger partial charge in [0.25, 0.3) is 0 Å². The lowest BCUT2D eigenvalue weighted by atomic mass is 9.71. The maximum Gasteiger partial charge on any atom is 0.235 e. The summed E-state index contributed by atoms with van der Waals surface area (Å²) in [5, 5.41) is 0. The molecule has 0 amide bonds. The SMILES string of the molecule is COCc1cc(OC)c(F)cc1C1(N=C=O)CCC1. The van der Waals surface area contributed by atoms with Gasteiger partial charge in [-0.1, -0.05) is 0 Å². The number of nitrogens with zero attached hydrogens (tertiary/aromatic N) is 1. The Hall–Kier alpha value is -1.71. The van der Waals surface area contributed by atoms with Gasteiger partial charge in [0.2, 0.25) is 6.08 Å². The molecule has 5 heteroatoms. The second-order valence-corrected chi connectivity index (χ2v) is 4.67. The summed E-state index contributed by atoms with van der Waals surface area (Å²) in [6, 6.07) is 3.00. The van der Waals surface area contributed by atoms with Gasteiger partial charge < -0.3 is 9.47 Å². The summed E-state index contributed by atoms with van der Waals surface area (Å²) in [7, 11) is 2.98. The summed E-state index contributed by atoms with van der Waals surface area (Å²) in [6.45, 7) is 0.322. The van der Waals surface area contributed by atoms with Gasteiger partial charge in [-0.05, 0) is 42.5 Å². The molecule has 0 aliphatic heterocycles. The van der Waals surface area contributed by atoms with Crippen LogP contribution < -0.4 is 4.74 Å². The molecule has 19 heavy (non-hydrogen) atoms. The molecule has 0 bridgehead atoms. The zero-order chi connectivity index (χ0) is 13.9. The van der Waals surface area contributed by atoms with Gasteiger partial charge in [0.05, 0.1) is 19.3 Å². The molecule has 1 aliphatic rings. The van der Waals surface area contributed by atoms with Crippen molar-refractivity contribution in [3.63, 3.8) is 0 Å². The van der Waals surface area contributed by atoms with Crippen LogP contribution in [0, 0.1) is 5.82 Å². The van der Waals surface area contributed by atoms with Crippen molar-refractivity contribution in [2.75, 3.05) is 14.2 Å². The van der Waals surface area contributed by atoms with Gasteiger partial charge in [0, 0.05) is 7.11 Å². The Morgan fingerprint density at radius 1 is 1.42 bits per heavy atom. The first-order valence-electron chi connectivity index (χ1n) is 6.11. The van der Waals surface area contributed by atoms with Gasteiger partial charge in [-0.2, -0.15) is 4.99 Å². The van der Waals surface area contributed by atoms with Crippen LogP contribution in [0.2, 0.25) is 0 Å². The molecule has 0 unspecified atom stereocenters. The smallest absolute Gasteiger partial charge is 0.235 e. The number of halogens is 1. The van der Waals surface area contributed by atoms with Crippen molar-refractivity contribution in [3.05, 3.63) is 29.1 Å². The lowest BCUT2D eigenvalue weighted by molar-refractivity contribution is 0.177. The molecule has 2 rings (SSSR count). The van der Waals surface area contributed by atoms with Gasteiger partial charge in [-0.25, -0.2) is 9.18 Å². The van der Waals surface area contributed by atoms with Crippen molar-refractivity contribution < 1.29 is 18.7 Å². The molecular weight excluding hydrogens is 249 g/mol. The van der Waals surface area contributed by atoms with Crippen LogP contribution in [0.15, 0.2) is 17.1 Å². The highest BCUT2D eigenvalue weighted by Gasteiger charge is 2.41. The fourth-order valence-corrected chi connectivity index (χ4v) is 2.50. The lowest BCUT2D eigenvalue weighted by Crippen LogP contribution is -2.33. The molecule has 1 fully saturated rings. The Kier molecular flexibility index (Phi) is 3.98. The number of ether oxygens (including phenoxy) is 2. The Labute approximate surface area is 111 Å². The number of carbonyl (C=O) groups excluding carboxylic acids is 1. The van der Waals surface area contributed by atoms with Crippen molar-refractivity contribution in [1.29, 1.82) is 0 Å². The number of rotatable bonds is 5. The van der Waals surface area contributed by atoms with Crippen molar-refractivity contribution in [3.8, 4) is 5.75 Å². The van der Waals surface area contributed by atoms with E-state index < -0.39 is 11.4 Å². The highest BCUT2D eigenvalue weighted by Crippen LogP contribution is 2.47. The standard InChI is InChI=1S/C14H16FNO3/c1-18-8-10-6-13(19-2)12(15)7-11(10)14(16-9-17)4-3-5-14/h6-7H,3-5,8H2,1-2H3. The van der Waals surface area contributed by atoms with E-state index in [0.29, 0.717) is 12.2 Å². The van der Waals surface area contributed by atoms with Crippen LogP contribution >= 0.6 is 0 Å². The molecule has 1 saturated carbocycles. The summed E-state index contributed by atoms with van der Waals surface area (Å²) >= 11 is 0. The summed E-state index contributed by atoms with van der Waals surface area (Å²) in [6.07, 6.45) is 4.02. The summed E-state index contributed by atoms with van der Waals surface area (Å²) in [5.74, 6) is -0.287. The van der Waals surface area contributed by atoms with E-state index in [1.807, 2.05) is 0 Å². The maximum absolute atomic E-state index is 13.9. The van der Waals surface area contributed by atoms with Crippen molar-refractivity contribution in [2.45, 2.75) is 31.4 Å². The van der Waals surface area contributed by atoms with Gasteiger partial charge in [0.1, 0.15) is 0 Å². The molecule has 1 aromatic carbocycles. The molecule has 0 atom stereocenters. The largest absolute Gasteiger partial charge is 0.494 e. The minimum Gasteiger partial charge on any atom is -0.494 e. The highest BCUT2D eigenvalue weighted by atomic mass is 19.1. The topological polar surface area (TPSA) is 47.9 Å². The molecule has 0 radical (unpaired) electrons.